The van der Waals surface area contributed by atoms with Gasteiger partial charge in [0.2, 0.25) is 10.0 Å². The Morgan fingerprint density at radius 3 is 2.32 bits per heavy atom. The van der Waals surface area contributed by atoms with Gasteiger partial charge in [0.05, 0.1) is 4.90 Å². The predicted molar refractivity (Wildman–Crippen MR) is 96.6 cm³/mol. The molecule has 0 unspecified atom stereocenters. The molecule has 2 aromatic rings. The van der Waals surface area contributed by atoms with E-state index in [-0.39, 0.29) is 17.5 Å². The van der Waals surface area contributed by atoms with E-state index < -0.39 is 10.0 Å². The molecule has 0 atom stereocenters. The molecule has 3 N–H and O–H groups in total. The lowest BCUT2D eigenvalue weighted by atomic mass is 10.2. The third-order valence-corrected chi connectivity index (χ3v) is 4.73. The van der Waals surface area contributed by atoms with Crippen LogP contribution in [0.3, 0.4) is 0 Å². The number of carbonyl (C=O) groups excluding carboxylic acids is 1. The molecule has 2 rings (SSSR count). The van der Waals surface area contributed by atoms with Gasteiger partial charge in [0, 0.05) is 31.2 Å². The topological polar surface area (TPSA) is 100 Å². The van der Waals surface area contributed by atoms with E-state index in [1.807, 2.05) is 13.8 Å². The molecule has 0 saturated heterocycles. The highest BCUT2D eigenvalue weighted by Gasteiger charge is 2.13. The van der Waals surface area contributed by atoms with Crippen molar-refractivity contribution in [1.29, 1.82) is 0 Å². The first-order valence-electron chi connectivity index (χ1n) is 7.90. The number of hydrogen-bond acceptors (Lipinski definition) is 4. The summed E-state index contributed by atoms with van der Waals surface area (Å²) >= 11 is 0. The molecule has 0 aliphatic carbocycles. The maximum atomic E-state index is 12.3. The standard InChI is InChI=1S/C17H22N4O3S/c1-13(2)11-19-17(22)21-15-3-5-16(6-4-15)25(23,24)20-12-14-7-9-18-10-8-14/h3-10,13,20H,11-12H2,1-2H3,(H2,19,21,22). The van der Waals surface area contributed by atoms with Crippen LogP contribution in [0.25, 0.3) is 0 Å². The Morgan fingerprint density at radius 2 is 1.72 bits per heavy atom. The lowest BCUT2D eigenvalue weighted by Crippen LogP contribution is -2.31. The summed E-state index contributed by atoms with van der Waals surface area (Å²) in [6, 6.07) is 9.17. The monoisotopic (exact) mass is 362 g/mol. The average Bonchev–Trinajstić information content (AvgIpc) is 2.60. The number of aromatic nitrogens is 1. The van der Waals surface area contributed by atoms with Crippen molar-refractivity contribution >= 4 is 21.7 Å². The van der Waals surface area contributed by atoms with Crippen molar-refractivity contribution < 1.29 is 13.2 Å². The number of pyridine rings is 1. The summed E-state index contributed by atoms with van der Waals surface area (Å²) in [6.45, 7) is 4.75. The van der Waals surface area contributed by atoms with Gasteiger partial charge in [-0.05, 0) is 47.9 Å². The molecule has 0 aliphatic heterocycles. The minimum absolute atomic E-state index is 0.134. The molecular formula is C17H22N4O3S. The van der Waals surface area contributed by atoms with Gasteiger partial charge in [-0.3, -0.25) is 4.98 Å². The van der Waals surface area contributed by atoms with E-state index in [4.69, 9.17) is 0 Å². The molecule has 1 aromatic carbocycles. The molecule has 8 heteroatoms. The first-order chi connectivity index (χ1) is 11.9. The van der Waals surface area contributed by atoms with E-state index in [0.29, 0.717) is 18.2 Å². The second-order valence-electron chi connectivity index (χ2n) is 5.93. The second-order valence-corrected chi connectivity index (χ2v) is 7.70. The average molecular weight is 362 g/mol. The fourth-order valence-electron chi connectivity index (χ4n) is 1.95. The van der Waals surface area contributed by atoms with Crippen molar-refractivity contribution in [2.45, 2.75) is 25.3 Å². The van der Waals surface area contributed by atoms with Gasteiger partial charge in [-0.15, -0.1) is 0 Å². The fourth-order valence-corrected chi connectivity index (χ4v) is 2.97. The van der Waals surface area contributed by atoms with Crippen molar-refractivity contribution in [1.82, 2.24) is 15.0 Å². The molecule has 134 valence electrons. The molecule has 0 bridgehead atoms. The Morgan fingerprint density at radius 1 is 1.08 bits per heavy atom. The Bertz CT molecular complexity index is 790. The zero-order valence-corrected chi connectivity index (χ0v) is 15.0. The number of anilines is 1. The van der Waals surface area contributed by atoms with Crippen molar-refractivity contribution in [2.24, 2.45) is 5.92 Å². The zero-order chi connectivity index (χ0) is 18.3. The van der Waals surface area contributed by atoms with E-state index >= 15 is 0 Å². The molecule has 0 radical (unpaired) electrons. The summed E-state index contributed by atoms with van der Waals surface area (Å²) < 4.78 is 27.1. The van der Waals surface area contributed by atoms with Crippen LogP contribution in [-0.4, -0.2) is 26.0 Å². The molecule has 1 heterocycles. The Hall–Kier alpha value is -2.45. The van der Waals surface area contributed by atoms with E-state index in [0.717, 1.165) is 5.56 Å². The quantitative estimate of drug-likeness (QED) is 0.704. The van der Waals surface area contributed by atoms with E-state index in [9.17, 15) is 13.2 Å². The van der Waals surface area contributed by atoms with Crippen molar-refractivity contribution in [2.75, 3.05) is 11.9 Å². The van der Waals surface area contributed by atoms with Gasteiger partial charge in [-0.25, -0.2) is 17.9 Å². The van der Waals surface area contributed by atoms with Crippen LogP contribution in [0.15, 0.2) is 53.7 Å². The number of benzene rings is 1. The van der Waals surface area contributed by atoms with Crippen LogP contribution in [-0.2, 0) is 16.6 Å². The van der Waals surface area contributed by atoms with Crippen LogP contribution in [0.1, 0.15) is 19.4 Å². The third-order valence-electron chi connectivity index (χ3n) is 3.31. The molecule has 0 aliphatic rings. The van der Waals surface area contributed by atoms with Crippen molar-refractivity contribution in [3.05, 3.63) is 54.4 Å². The van der Waals surface area contributed by atoms with Crippen LogP contribution in [0.4, 0.5) is 10.5 Å². The van der Waals surface area contributed by atoms with Crippen LogP contribution in [0.2, 0.25) is 0 Å². The van der Waals surface area contributed by atoms with Gasteiger partial charge >= 0.3 is 6.03 Å². The zero-order valence-electron chi connectivity index (χ0n) is 14.2. The van der Waals surface area contributed by atoms with Gasteiger partial charge in [0.1, 0.15) is 0 Å². The van der Waals surface area contributed by atoms with Gasteiger partial charge in [0.15, 0.2) is 0 Å². The molecule has 0 spiro atoms. The SMILES string of the molecule is CC(C)CNC(=O)Nc1ccc(S(=O)(=O)NCc2ccncc2)cc1. The summed E-state index contributed by atoms with van der Waals surface area (Å²) in [5, 5.41) is 5.39. The van der Waals surface area contributed by atoms with Gasteiger partial charge < -0.3 is 10.6 Å². The Kier molecular flexibility index (Phi) is 6.49. The van der Waals surface area contributed by atoms with Crippen LogP contribution < -0.4 is 15.4 Å². The minimum atomic E-state index is -3.62. The third kappa shape index (κ3) is 6.17. The first kappa shape index (κ1) is 18.9. The molecule has 7 nitrogen and oxygen atoms in total. The maximum absolute atomic E-state index is 12.3. The normalized spacial score (nSPS) is 11.3. The van der Waals surface area contributed by atoms with E-state index in [2.05, 4.69) is 20.3 Å². The van der Waals surface area contributed by atoms with Crippen LogP contribution in [0, 0.1) is 5.92 Å². The highest BCUT2D eigenvalue weighted by Crippen LogP contribution is 2.14. The summed E-state index contributed by atoms with van der Waals surface area (Å²) in [5.74, 6) is 0.352. The summed E-state index contributed by atoms with van der Waals surface area (Å²) in [7, 11) is -3.62. The molecular weight excluding hydrogens is 340 g/mol. The van der Waals surface area contributed by atoms with E-state index in [1.165, 1.54) is 12.1 Å². The largest absolute Gasteiger partial charge is 0.338 e. The summed E-state index contributed by atoms with van der Waals surface area (Å²) in [5.41, 5.74) is 1.34. The first-order valence-corrected chi connectivity index (χ1v) is 9.38. The smallest absolute Gasteiger partial charge is 0.319 e. The number of nitrogens with one attached hydrogen (secondary N) is 3. The maximum Gasteiger partial charge on any atom is 0.319 e. The van der Waals surface area contributed by atoms with Crippen LogP contribution in [0.5, 0.6) is 0 Å². The number of sulfonamides is 1. The number of hydrogen-bond donors (Lipinski definition) is 3. The second kappa shape index (κ2) is 8.59. The minimum Gasteiger partial charge on any atom is -0.338 e. The summed E-state index contributed by atoms with van der Waals surface area (Å²) in [6.07, 6.45) is 3.21. The van der Waals surface area contributed by atoms with Crippen LogP contribution >= 0.6 is 0 Å². The number of rotatable bonds is 7. The fraction of sp³-hybridized carbons (Fsp3) is 0.294. The molecule has 0 saturated carbocycles. The highest BCUT2D eigenvalue weighted by molar-refractivity contribution is 7.89. The van der Waals surface area contributed by atoms with E-state index in [1.54, 1.807) is 36.7 Å². The summed E-state index contributed by atoms with van der Waals surface area (Å²) in [4.78, 5) is 15.7. The molecule has 1 aromatic heterocycles. The van der Waals surface area contributed by atoms with Gasteiger partial charge in [0.25, 0.3) is 0 Å². The van der Waals surface area contributed by atoms with Gasteiger partial charge in [-0.1, -0.05) is 13.8 Å². The van der Waals surface area contributed by atoms with Crippen molar-refractivity contribution in [3.8, 4) is 0 Å². The molecule has 0 fully saturated rings. The molecule has 25 heavy (non-hydrogen) atoms. The number of amides is 2. The molecule has 2 amide bonds. The lowest BCUT2D eigenvalue weighted by molar-refractivity contribution is 0.251. The predicted octanol–water partition coefficient (Wildman–Crippen LogP) is 2.34. The number of nitrogens with zero attached hydrogens (tertiary/aromatic N) is 1. The highest BCUT2D eigenvalue weighted by atomic mass is 32.2. The Labute approximate surface area is 147 Å². The lowest BCUT2D eigenvalue weighted by Gasteiger charge is -2.10. The number of carbonyl (C=O) groups is 1. The Balaban J connectivity index is 1.95. The van der Waals surface area contributed by atoms with Crippen molar-refractivity contribution in [3.63, 3.8) is 0 Å². The van der Waals surface area contributed by atoms with Gasteiger partial charge in [-0.2, -0.15) is 0 Å². The number of urea groups is 1.